The third kappa shape index (κ3) is 14.5. The van der Waals surface area contributed by atoms with Crippen LogP contribution >= 0.6 is 0 Å². The Bertz CT molecular complexity index is 1830. The zero-order chi connectivity index (χ0) is 33.7. The van der Waals surface area contributed by atoms with Crippen molar-refractivity contribution in [2.24, 2.45) is 9.98 Å². The maximum atomic E-state index is 11.3. The van der Waals surface area contributed by atoms with Gasteiger partial charge in [-0.2, -0.15) is 0 Å². The van der Waals surface area contributed by atoms with Gasteiger partial charge in [0.15, 0.2) is 0 Å². The first-order valence-electron chi connectivity index (χ1n) is 14.4. The molecule has 0 aromatic heterocycles. The number of hydrogen-bond acceptors (Lipinski definition) is 8. The van der Waals surface area contributed by atoms with E-state index in [4.69, 9.17) is 0 Å². The Hall–Kier alpha value is -4.07. The third-order valence-electron chi connectivity index (χ3n) is 5.81. The number of rotatable bonds is 4. The van der Waals surface area contributed by atoms with Crippen LogP contribution in [0.1, 0.15) is 74.9 Å². The summed E-state index contributed by atoms with van der Waals surface area (Å²) in [6, 6.07) is 29.3. The van der Waals surface area contributed by atoms with E-state index in [2.05, 4.69) is 33.7 Å². The molecule has 0 aliphatic heterocycles. The molecule has 4 rings (SSSR count). The van der Waals surface area contributed by atoms with Crippen molar-refractivity contribution in [3.8, 4) is 23.7 Å². The summed E-state index contributed by atoms with van der Waals surface area (Å²) in [6.45, 7) is 11.7. The quantitative estimate of drug-likeness (QED) is 0.119. The molecule has 0 fully saturated rings. The summed E-state index contributed by atoms with van der Waals surface area (Å²) >= 11 is 0. The van der Waals surface area contributed by atoms with Crippen molar-refractivity contribution in [2.75, 3.05) is 0 Å². The number of hydrogen-bond donors (Lipinski definition) is 0. The molecule has 0 radical (unpaired) electrons. The molecule has 0 heterocycles. The van der Waals surface area contributed by atoms with Crippen molar-refractivity contribution in [2.45, 2.75) is 62.4 Å². The van der Waals surface area contributed by atoms with Gasteiger partial charge >= 0.3 is 21.1 Å². The molecule has 4 aromatic rings. The molecule has 0 aliphatic rings. The molecule has 0 spiro atoms. The summed E-state index contributed by atoms with van der Waals surface area (Å²) in [5.41, 5.74) is 3.88. The van der Waals surface area contributed by atoms with Crippen molar-refractivity contribution >= 4 is 33.8 Å². The molecule has 9 heteroatoms. The fourth-order valence-electron chi connectivity index (χ4n) is 3.62. The fraction of sp³-hybridized carbons (Fsp3) is 0.211. The third-order valence-corrected chi connectivity index (χ3v) is 7.27. The van der Waals surface area contributed by atoms with Crippen LogP contribution in [-0.2, 0) is 59.3 Å². The molecule has 47 heavy (non-hydrogen) atoms. The van der Waals surface area contributed by atoms with E-state index in [1.807, 2.05) is 102 Å². The Morgan fingerprint density at radius 2 is 0.809 bits per heavy atom. The van der Waals surface area contributed by atoms with Crippen molar-refractivity contribution in [1.29, 1.82) is 0 Å². The van der Waals surface area contributed by atoms with Crippen LogP contribution in [0.3, 0.4) is 0 Å². The zero-order valence-electron chi connectivity index (χ0n) is 27.1. The van der Waals surface area contributed by atoms with Crippen molar-refractivity contribution in [3.63, 3.8) is 0 Å². The first kappa shape index (κ1) is 39.1. The Morgan fingerprint density at radius 3 is 1.11 bits per heavy atom. The van der Waals surface area contributed by atoms with Gasteiger partial charge in [-0.3, -0.25) is 9.98 Å². The van der Waals surface area contributed by atoms with Gasteiger partial charge in [0.1, 0.15) is 0 Å². The molecule has 0 unspecified atom stereocenters. The first-order chi connectivity index (χ1) is 21.7. The Labute approximate surface area is 296 Å². The minimum Gasteiger partial charge on any atom is -0.420 e. The van der Waals surface area contributed by atoms with Gasteiger partial charge in [0, 0.05) is 34.7 Å². The summed E-state index contributed by atoms with van der Waals surface area (Å²) in [6.07, 6.45) is 3.19. The molecule has 4 aromatic carbocycles. The topological polar surface area (TPSA) is 93.0 Å². The smallest absolute Gasteiger partial charge is 0.420 e. The second-order valence-corrected chi connectivity index (χ2v) is 13.9. The van der Waals surface area contributed by atoms with E-state index in [1.165, 1.54) is 0 Å². The Kier molecular flexibility index (Phi) is 15.2. The van der Waals surface area contributed by atoms with Crippen LogP contribution in [0.2, 0.25) is 0 Å². The second-order valence-electron chi connectivity index (χ2n) is 12.1. The van der Waals surface area contributed by atoms with Gasteiger partial charge in [0.25, 0.3) is 0 Å². The van der Waals surface area contributed by atoms with E-state index in [0.717, 1.165) is 22.3 Å². The number of nitrogens with zero attached hydrogens (tertiary/aromatic N) is 2. The minimum absolute atomic E-state index is 0. The predicted octanol–water partition coefficient (Wildman–Crippen LogP) is 7.94. The monoisotopic (exact) mass is 843 g/mol. The first-order valence-corrected chi connectivity index (χ1v) is 16.6. The fourth-order valence-corrected chi connectivity index (χ4v) is 4.58. The molecule has 244 valence electrons. The molecular weight excluding hydrogens is 808 g/mol. The summed E-state index contributed by atoms with van der Waals surface area (Å²) in [5.74, 6) is 12.2. The van der Waals surface area contributed by atoms with E-state index in [1.54, 1.807) is 48.8 Å². The van der Waals surface area contributed by atoms with Crippen LogP contribution in [0.5, 0.6) is 0 Å². The van der Waals surface area contributed by atoms with Gasteiger partial charge in [-0.25, -0.2) is 0 Å². The predicted molar refractivity (Wildman–Crippen MR) is 186 cm³/mol. The molecular formula is C38H36N2O4PtS2. The number of benzene rings is 4. The number of aliphatic imine (C=N–C) groups is 2. The molecule has 0 aliphatic carbocycles. The van der Waals surface area contributed by atoms with Crippen molar-refractivity contribution < 1.29 is 37.9 Å². The average molecular weight is 844 g/mol. The van der Waals surface area contributed by atoms with Gasteiger partial charge in [-0.15, -0.1) is 0 Å². The van der Waals surface area contributed by atoms with Crippen LogP contribution in [0.25, 0.3) is 0 Å². The molecule has 0 atom stereocenters. The standard InChI is InChI=1S/2C19H18NO2S.Pt/c2*1-19(2,3)20-14-17-13-16(11-12-18(17)23(21)22)10-9-15-7-5-4-6-8-15;/h2*4-8,11-14H,1-3H3;/q2*-1;+2. The van der Waals surface area contributed by atoms with Gasteiger partial charge < -0.3 is 16.8 Å². The molecule has 6 nitrogen and oxygen atoms in total. The maximum Gasteiger partial charge on any atom is 2.00 e. The molecule has 0 amide bonds. The van der Waals surface area contributed by atoms with Crippen molar-refractivity contribution in [3.05, 3.63) is 130 Å². The van der Waals surface area contributed by atoms with Gasteiger partial charge in [0.05, 0.1) is 11.1 Å². The zero-order valence-corrected chi connectivity index (χ0v) is 31.0. The van der Waals surface area contributed by atoms with E-state index >= 15 is 0 Å². The van der Waals surface area contributed by atoms with Crippen LogP contribution in [0.4, 0.5) is 0 Å². The van der Waals surface area contributed by atoms with Crippen molar-refractivity contribution in [1.82, 2.24) is 0 Å². The van der Waals surface area contributed by atoms with Gasteiger partial charge in [-0.1, -0.05) is 82.0 Å². The van der Waals surface area contributed by atoms with E-state index < -0.39 is 21.4 Å². The summed E-state index contributed by atoms with van der Waals surface area (Å²) in [5, 5.41) is 0. The largest absolute Gasteiger partial charge is 2.00 e. The molecule has 0 N–H and O–H groups in total. The minimum atomic E-state index is -2.31. The van der Waals surface area contributed by atoms with Crippen LogP contribution in [0, 0.1) is 23.7 Å². The van der Waals surface area contributed by atoms with E-state index in [9.17, 15) is 16.8 Å². The normalized spacial score (nSPS) is 11.2. The Morgan fingerprint density at radius 1 is 0.489 bits per heavy atom. The second kappa shape index (κ2) is 18.3. The maximum absolute atomic E-state index is 11.3. The summed E-state index contributed by atoms with van der Waals surface area (Å²) in [4.78, 5) is 9.22. The summed E-state index contributed by atoms with van der Waals surface area (Å²) in [7, 11) is -4.61. The van der Waals surface area contributed by atoms with Gasteiger partial charge in [0.2, 0.25) is 0 Å². The molecule has 0 saturated heterocycles. The van der Waals surface area contributed by atoms with E-state index in [-0.39, 0.29) is 41.9 Å². The van der Waals surface area contributed by atoms with Gasteiger partial charge in [-0.05, 0) is 123 Å². The Balaban J connectivity index is 0.000000320. The average Bonchev–Trinajstić information content (AvgIpc) is 3.01. The van der Waals surface area contributed by atoms with Crippen LogP contribution < -0.4 is 0 Å². The SMILES string of the molecule is CC(C)(C)N=Cc1cc(C#Cc2ccccc2)ccc1[S-](=O)=O.CC(C)(C)N=Cc1cc(C#Cc2ccccc2)ccc1[S-](=O)=O.[Pt+2]. The molecule has 0 bridgehead atoms. The molecule has 0 saturated carbocycles. The van der Waals surface area contributed by atoms with E-state index in [0.29, 0.717) is 11.1 Å². The van der Waals surface area contributed by atoms with Crippen LogP contribution in [0.15, 0.2) is 117 Å². The van der Waals surface area contributed by atoms with Crippen LogP contribution in [-0.4, -0.2) is 23.5 Å². The summed E-state index contributed by atoms with van der Waals surface area (Å²) < 4.78 is 45.4.